The third-order valence-electron chi connectivity index (χ3n) is 4.77. The zero-order valence-corrected chi connectivity index (χ0v) is 14.8. The molecule has 3 aromatic rings. The van der Waals surface area contributed by atoms with E-state index in [0.29, 0.717) is 0 Å². The van der Waals surface area contributed by atoms with E-state index in [2.05, 4.69) is 17.1 Å². The largest absolute Gasteiger partial charge is 0.397 e. The summed E-state index contributed by atoms with van der Waals surface area (Å²) in [6, 6.07) is 18.8. The lowest BCUT2D eigenvalue weighted by molar-refractivity contribution is 0.112. The van der Waals surface area contributed by atoms with Crippen LogP contribution in [0.2, 0.25) is 0 Å². The zero-order valence-electron chi connectivity index (χ0n) is 14.8. The molecule has 2 aromatic carbocycles. The van der Waals surface area contributed by atoms with Gasteiger partial charge in [0.15, 0.2) is 0 Å². The van der Waals surface area contributed by atoms with E-state index in [4.69, 9.17) is 5.73 Å². The number of carbonyl (C=O) groups excluding carboxylic acids is 1. The number of carbonyl (C=O) groups is 1. The van der Waals surface area contributed by atoms with Crippen LogP contribution >= 0.6 is 0 Å². The third-order valence-corrected chi connectivity index (χ3v) is 4.77. The van der Waals surface area contributed by atoms with Crippen molar-refractivity contribution in [3.8, 4) is 0 Å². The number of rotatable bonds is 1. The summed E-state index contributed by atoms with van der Waals surface area (Å²) in [5.41, 5.74) is 8.05. The molecular formula is C23H24N2O. The molecule has 3 nitrogen and oxygen atoms in total. The normalized spacial score (nSPS) is 19.2. The number of anilines is 1. The number of aromatic nitrogens is 1. The number of benzene rings is 2. The Morgan fingerprint density at radius 2 is 1.58 bits per heavy atom. The van der Waals surface area contributed by atoms with Crippen molar-refractivity contribution in [3.05, 3.63) is 84.6 Å². The van der Waals surface area contributed by atoms with Crippen LogP contribution in [0, 0.1) is 11.8 Å². The molecule has 26 heavy (non-hydrogen) atoms. The molecule has 2 unspecified atom stereocenters. The second-order valence-electron chi connectivity index (χ2n) is 6.67. The summed E-state index contributed by atoms with van der Waals surface area (Å²) in [5, 5.41) is 1.09. The number of hydrogen-bond acceptors (Lipinski definition) is 3. The Bertz CT molecular complexity index is 856. The number of hydrogen-bond donors (Lipinski definition) is 1. The Balaban J connectivity index is 0.000000117. The molecule has 1 aromatic heterocycles. The van der Waals surface area contributed by atoms with Crippen LogP contribution in [0.4, 0.5) is 5.69 Å². The molecule has 0 radical (unpaired) electrons. The number of nitrogen functional groups attached to an aromatic ring is 1. The van der Waals surface area contributed by atoms with Crippen molar-refractivity contribution < 1.29 is 4.79 Å². The summed E-state index contributed by atoms with van der Waals surface area (Å²) in [6.45, 7) is 0. The average molecular weight is 344 g/mol. The van der Waals surface area contributed by atoms with E-state index >= 15 is 0 Å². The molecule has 0 saturated heterocycles. The van der Waals surface area contributed by atoms with E-state index in [-0.39, 0.29) is 0 Å². The van der Waals surface area contributed by atoms with Crippen molar-refractivity contribution >= 4 is 22.9 Å². The SMILES string of the molecule is C1=CC2CCC1C2.Nc1cccc2cccnc12.O=Cc1ccccc1. The average Bonchev–Trinajstić information content (AvgIpc) is 3.36. The summed E-state index contributed by atoms with van der Waals surface area (Å²) in [6.07, 6.45) is 11.8. The highest BCUT2D eigenvalue weighted by atomic mass is 16.1. The minimum atomic E-state index is 0.729. The van der Waals surface area contributed by atoms with E-state index < -0.39 is 0 Å². The second-order valence-corrected chi connectivity index (χ2v) is 6.67. The summed E-state index contributed by atoms with van der Waals surface area (Å²) >= 11 is 0. The summed E-state index contributed by atoms with van der Waals surface area (Å²) < 4.78 is 0. The first-order valence-electron chi connectivity index (χ1n) is 9.04. The van der Waals surface area contributed by atoms with Gasteiger partial charge in [0.05, 0.1) is 11.2 Å². The fraction of sp³-hybridized carbons (Fsp3) is 0.217. The van der Waals surface area contributed by atoms with Gasteiger partial charge in [-0.2, -0.15) is 0 Å². The molecule has 2 atom stereocenters. The first kappa shape index (κ1) is 17.9. The van der Waals surface area contributed by atoms with Crippen molar-refractivity contribution in [2.75, 3.05) is 5.73 Å². The molecule has 3 heteroatoms. The molecule has 5 rings (SSSR count). The molecule has 2 aliphatic carbocycles. The van der Waals surface area contributed by atoms with Crippen molar-refractivity contribution in [1.82, 2.24) is 4.98 Å². The van der Waals surface area contributed by atoms with Gasteiger partial charge < -0.3 is 5.73 Å². The van der Waals surface area contributed by atoms with Crippen LogP contribution in [-0.4, -0.2) is 11.3 Å². The van der Waals surface area contributed by atoms with Gasteiger partial charge in [-0.25, -0.2) is 0 Å². The van der Waals surface area contributed by atoms with Gasteiger partial charge in [-0.15, -0.1) is 0 Å². The van der Waals surface area contributed by atoms with Crippen molar-refractivity contribution in [3.63, 3.8) is 0 Å². The molecule has 0 amide bonds. The van der Waals surface area contributed by atoms with E-state index in [0.717, 1.165) is 40.3 Å². The zero-order chi connectivity index (χ0) is 18.2. The van der Waals surface area contributed by atoms with Crippen LogP contribution in [0.3, 0.4) is 0 Å². The number of nitrogens with zero attached hydrogens (tertiary/aromatic N) is 1. The smallest absolute Gasteiger partial charge is 0.150 e. The molecule has 0 spiro atoms. The van der Waals surface area contributed by atoms with Crippen LogP contribution in [-0.2, 0) is 0 Å². The molecule has 1 saturated carbocycles. The first-order chi connectivity index (χ1) is 12.8. The number of pyridine rings is 1. The molecule has 1 fully saturated rings. The number of fused-ring (bicyclic) bond motifs is 3. The lowest BCUT2D eigenvalue weighted by Gasteiger charge is -1.97. The fourth-order valence-electron chi connectivity index (χ4n) is 3.38. The van der Waals surface area contributed by atoms with Gasteiger partial charge in [-0.1, -0.05) is 60.7 Å². The monoisotopic (exact) mass is 344 g/mol. The lowest BCUT2D eigenvalue weighted by Crippen LogP contribution is -1.87. The minimum Gasteiger partial charge on any atom is -0.397 e. The van der Waals surface area contributed by atoms with Crippen LogP contribution < -0.4 is 5.73 Å². The van der Waals surface area contributed by atoms with Gasteiger partial charge in [0, 0.05) is 17.1 Å². The van der Waals surface area contributed by atoms with Gasteiger partial charge >= 0.3 is 0 Å². The highest BCUT2D eigenvalue weighted by Gasteiger charge is 2.25. The lowest BCUT2D eigenvalue weighted by atomic mass is 10.1. The highest BCUT2D eigenvalue weighted by Crippen LogP contribution is 2.38. The Labute approximate surface area is 154 Å². The maximum atomic E-state index is 10.0. The van der Waals surface area contributed by atoms with Gasteiger partial charge in [0.1, 0.15) is 6.29 Å². The second kappa shape index (κ2) is 8.95. The number of para-hydroxylation sites is 1. The Kier molecular flexibility index (Phi) is 6.15. The topological polar surface area (TPSA) is 56.0 Å². The van der Waals surface area contributed by atoms with E-state index in [1.54, 1.807) is 18.3 Å². The third kappa shape index (κ3) is 4.79. The number of allylic oxidation sites excluding steroid dienone is 2. The van der Waals surface area contributed by atoms with Crippen molar-refractivity contribution in [2.45, 2.75) is 19.3 Å². The predicted molar refractivity (Wildman–Crippen MR) is 108 cm³/mol. The van der Waals surface area contributed by atoms with Gasteiger partial charge in [-0.05, 0) is 43.2 Å². The van der Waals surface area contributed by atoms with Crippen LogP contribution in [0.25, 0.3) is 10.9 Å². The van der Waals surface area contributed by atoms with Crippen LogP contribution in [0.1, 0.15) is 29.6 Å². The molecular weight excluding hydrogens is 320 g/mol. The molecule has 2 bridgehead atoms. The summed E-state index contributed by atoms with van der Waals surface area (Å²) in [7, 11) is 0. The fourth-order valence-corrected chi connectivity index (χ4v) is 3.38. The van der Waals surface area contributed by atoms with Gasteiger partial charge in [-0.3, -0.25) is 9.78 Å². The molecule has 2 aliphatic rings. The number of aldehydes is 1. The minimum absolute atomic E-state index is 0.729. The molecule has 2 N–H and O–H groups in total. The summed E-state index contributed by atoms with van der Waals surface area (Å²) in [5.74, 6) is 1.98. The molecule has 132 valence electrons. The first-order valence-corrected chi connectivity index (χ1v) is 9.04. The van der Waals surface area contributed by atoms with Crippen LogP contribution in [0.5, 0.6) is 0 Å². The Morgan fingerprint density at radius 3 is 2.08 bits per heavy atom. The van der Waals surface area contributed by atoms with E-state index in [1.165, 1.54) is 19.3 Å². The standard InChI is InChI=1S/C9H8N2.C7H6O.C7H10/c10-8-5-1-3-7-4-2-6-11-9(7)8;8-6-7-4-2-1-3-5-7;1-2-7-4-3-6(1)5-7/h1-6H,10H2;1-6H;1-2,6-7H,3-5H2. The predicted octanol–water partition coefficient (Wildman–Crippen LogP) is 5.29. The van der Waals surface area contributed by atoms with Crippen molar-refractivity contribution in [2.24, 2.45) is 11.8 Å². The number of nitrogens with two attached hydrogens (primary N) is 1. The highest BCUT2D eigenvalue weighted by molar-refractivity contribution is 5.88. The Morgan fingerprint density at radius 1 is 0.885 bits per heavy atom. The van der Waals surface area contributed by atoms with Gasteiger partial charge in [0.25, 0.3) is 0 Å². The maximum absolute atomic E-state index is 10.0. The Hall–Kier alpha value is -2.94. The van der Waals surface area contributed by atoms with Gasteiger partial charge in [0.2, 0.25) is 0 Å². The van der Waals surface area contributed by atoms with E-state index in [9.17, 15) is 4.79 Å². The quantitative estimate of drug-likeness (QED) is 0.371. The summed E-state index contributed by atoms with van der Waals surface area (Å²) in [4.78, 5) is 14.2. The van der Waals surface area contributed by atoms with E-state index in [1.807, 2.05) is 48.5 Å². The van der Waals surface area contributed by atoms with Crippen LogP contribution in [0.15, 0.2) is 79.0 Å². The molecule has 1 heterocycles. The molecule has 0 aliphatic heterocycles. The van der Waals surface area contributed by atoms with Crippen molar-refractivity contribution in [1.29, 1.82) is 0 Å². The maximum Gasteiger partial charge on any atom is 0.150 e.